The third-order valence-corrected chi connectivity index (χ3v) is 6.58. The van der Waals surface area contributed by atoms with Gasteiger partial charge in [-0.1, -0.05) is 30.7 Å². The summed E-state index contributed by atoms with van der Waals surface area (Å²) in [5.41, 5.74) is 0.534. The van der Waals surface area contributed by atoms with Crippen molar-refractivity contribution in [2.24, 2.45) is 0 Å². The number of amides is 2. The van der Waals surface area contributed by atoms with Crippen LogP contribution in [-0.4, -0.2) is 69.4 Å². The normalized spacial score (nSPS) is 19.4. The zero-order valence-electron chi connectivity index (χ0n) is 15.7. The number of carbonyl (C=O) groups is 2. The summed E-state index contributed by atoms with van der Waals surface area (Å²) in [5, 5.41) is 3.19. The first-order valence-corrected chi connectivity index (χ1v) is 11.3. The Morgan fingerprint density at radius 3 is 2.59 bits per heavy atom. The second kappa shape index (κ2) is 9.52. The van der Waals surface area contributed by atoms with Crippen LogP contribution in [0.25, 0.3) is 0 Å². The average molecular weight is 417 g/mol. The number of carbonyl (C=O) groups excluding carboxylic acids is 2. The van der Waals surface area contributed by atoms with Gasteiger partial charge in [0.05, 0.1) is 29.3 Å². The van der Waals surface area contributed by atoms with E-state index in [0.717, 1.165) is 11.3 Å². The second-order valence-electron chi connectivity index (χ2n) is 6.98. The van der Waals surface area contributed by atoms with E-state index in [2.05, 4.69) is 5.32 Å². The van der Waals surface area contributed by atoms with E-state index in [0.29, 0.717) is 23.7 Å². The minimum Gasteiger partial charge on any atom is -0.334 e. The standard InChI is InChI=1S/C18H26ClN3O4S/c1-3-9-22(14-8-10-27(25,26)13-14)18(24)12-21(2)11-17(23)20-16-7-5-4-6-15(16)19/h4-7,14H,3,8-13H2,1-2H3,(H,20,23)/p+1/t14-/m0/s1. The van der Waals surface area contributed by atoms with E-state index < -0.39 is 9.84 Å². The molecule has 1 aromatic carbocycles. The monoisotopic (exact) mass is 416 g/mol. The lowest BCUT2D eigenvalue weighted by atomic mass is 10.2. The van der Waals surface area contributed by atoms with Crippen LogP contribution >= 0.6 is 11.6 Å². The van der Waals surface area contributed by atoms with Crippen LogP contribution in [0.5, 0.6) is 0 Å². The van der Waals surface area contributed by atoms with Gasteiger partial charge in [-0.2, -0.15) is 0 Å². The molecule has 9 heteroatoms. The van der Waals surface area contributed by atoms with Crippen LogP contribution < -0.4 is 10.2 Å². The summed E-state index contributed by atoms with van der Waals surface area (Å²) >= 11 is 6.03. The van der Waals surface area contributed by atoms with Crippen LogP contribution in [0.3, 0.4) is 0 Å². The molecule has 2 amide bonds. The highest BCUT2D eigenvalue weighted by atomic mass is 35.5. The van der Waals surface area contributed by atoms with Gasteiger partial charge < -0.3 is 15.1 Å². The summed E-state index contributed by atoms with van der Waals surface area (Å²) in [5.74, 6) is -0.195. The molecule has 2 atom stereocenters. The number of quaternary nitrogens is 1. The average Bonchev–Trinajstić information content (AvgIpc) is 2.94. The molecule has 0 aliphatic carbocycles. The third-order valence-electron chi connectivity index (χ3n) is 4.50. The minimum atomic E-state index is -3.06. The fourth-order valence-electron chi connectivity index (χ4n) is 3.23. The van der Waals surface area contributed by atoms with Crippen molar-refractivity contribution >= 4 is 38.9 Å². The number of nitrogens with one attached hydrogen (secondary N) is 2. The lowest BCUT2D eigenvalue weighted by molar-refractivity contribution is -0.862. The molecule has 2 N–H and O–H groups in total. The molecule has 1 fully saturated rings. The minimum absolute atomic E-state index is 0.0325. The Morgan fingerprint density at radius 1 is 1.30 bits per heavy atom. The van der Waals surface area contributed by atoms with E-state index >= 15 is 0 Å². The Kier molecular flexibility index (Phi) is 7.64. The third kappa shape index (κ3) is 6.48. The molecule has 150 valence electrons. The SMILES string of the molecule is CCCN(C(=O)C[NH+](C)CC(=O)Nc1ccccc1Cl)[C@H]1CCS(=O)(=O)C1. The van der Waals surface area contributed by atoms with Crippen LogP contribution in [0.15, 0.2) is 24.3 Å². The van der Waals surface area contributed by atoms with Gasteiger partial charge in [-0.15, -0.1) is 0 Å². The molecule has 0 saturated carbocycles. The zero-order valence-corrected chi connectivity index (χ0v) is 17.3. The highest BCUT2D eigenvalue weighted by Crippen LogP contribution is 2.20. The zero-order chi connectivity index (χ0) is 20.0. The molecular formula is C18H27ClN3O4S+. The van der Waals surface area contributed by atoms with Crippen LogP contribution in [0.1, 0.15) is 19.8 Å². The van der Waals surface area contributed by atoms with Crippen molar-refractivity contribution in [3.05, 3.63) is 29.3 Å². The van der Waals surface area contributed by atoms with Gasteiger partial charge in [-0.25, -0.2) is 8.42 Å². The Bertz CT molecular complexity index is 785. The van der Waals surface area contributed by atoms with E-state index in [9.17, 15) is 18.0 Å². The molecular weight excluding hydrogens is 390 g/mol. The van der Waals surface area contributed by atoms with Crippen molar-refractivity contribution < 1.29 is 22.9 Å². The fourth-order valence-corrected chi connectivity index (χ4v) is 5.14. The van der Waals surface area contributed by atoms with Crippen LogP contribution in [0.2, 0.25) is 5.02 Å². The Morgan fingerprint density at radius 2 is 2.00 bits per heavy atom. The Balaban J connectivity index is 1.90. The maximum atomic E-state index is 12.7. The molecule has 0 radical (unpaired) electrons. The van der Waals surface area contributed by atoms with Gasteiger partial charge in [0.25, 0.3) is 11.8 Å². The predicted molar refractivity (Wildman–Crippen MR) is 106 cm³/mol. The van der Waals surface area contributed by atoms with E-state index in [-0.39, 0.29) is 42.5 Å². The van der Waals surface area contributed by atoms with Gasteiger partial charge in [0.1, 0.15) is 0 Å². The maximum Gasteiger partial charge on any atom is 0.279 e. The van der Waals surface area contributed by atoms with Crippen molar-refractivity contribution in [2.45, 2.75) is 25.8 Å². The number of sulfone groups is 1. The van der Waals surface area contributed by atoms with Gasteiger partial charge >= 0.3 is 0 Å². The quantitative estimate of drug-likeness (QED) is 0.634. The number of benzene rings is 1. The number of hydrogen-bond donors (Lipinski definition) is 2. The molecule has 2 rings (SSSR count). The maximum absolute atomic E-state index is 12.7. The lowest BCUT2D eigenvalue weighted by Crippen LogP contribution is -3.11. The first-order valence-electron chi connectivity index (χ1n) is 9.07. The highest BCUT2D eigenvalue weighted by molar-refractivity contribution is 7.91. The molecule has 1 aliphatic heterocycles. The van der Waals surface area contributed by atoms with Crippen molar-refractivity contribution in [1.82, 2.24) is 4.90 Å². The number of nitrogens with zero attached hydrogens (tertiary/aromatic N) is 1. The number of halogens is 1. The molecule has 0 spiro atoms. The molecule has 1 aliphatic rings. The van der Waals surface area contributed by atoms with E-state index in [1.165, 1.54) is 0 Å². The molecule has 1 saturated heterocycles. The number of anilines is 1. The number of para-hydroxylation sites is 1. The molecule has 27 heavy (non-hydrogen) atoms. The van der Waals surface area contributed by atoms with Crippen LogP contribution in [-0.2, 0) is 19.4 Å². The van der Waals surface area contributed by atoms with Gasteiger partial charge in [0.2, 0.25) is 0 Å². The number of rotatable bonds is 8. The summed E-state index contributed by atoms with van der Waals surface area (Å²) in [6.07, 6.45) is 1.24. The summed E-state index contributed by atoms with van der Waals surface area (Å²) in [6, 6.07) is 6.70. The first kappa shape index (κ1) is 21.7. The smallest absolute Gasteiger partial charge is 0.279 e. The molecule has 7 nitrogen and oxygen atoms in total. The van der Waals surface area contributed by atoms with E-state index in [1.54, 1.807) is 36.2 Å². The van der Waals surface area contributed by atoms with Crippen molar-refractivity contribution in [3.63, 3.8) is 0 Å². The van der Waals surface area contributed by atoms with E-state index in [4.69, 9.17) is 11.6 Å². The largest absolute Gasteiger partial charge is 0.334 e. The van der Waals surface area contributed by atoms with Gasteiger partial charge in [-0.05, 0) is 25.0 Å². The van der Waals surface area contributed by atoms with Crippen LogP contribution in [0.4, 0.5) is 5.69 Å². The van der Waals surface area contributed by atoms with Crippen molar-refractivity contribution in [3.8, 4) is 0 Å². The van der Waals surface area contributed by atoms with Gasteiger partial charge in [0, 0.05) is 12.6 Å². The Hall–Kier alpha value is -1.64. The molecule has 0 bridgehead atoms. The predicted octanol–water partition coefficient (Wildman–Crippen LogP) is 0.219. The Labute approximate surface area is 165 Å². The van der Waals surface area contributed by atoms with E-state index in [1.807, 2.05) is 6.92 Å². The lowest BCUT2D eigenvalue weighted by Gasteiger charge is -2.28. The highest BCUT2D eigenvalue weighted by Gasteiger charge is 2.35. The topological polar surface area (TPSA) is 88.0 Å². The van der Waals surface area contributed by atoms with Gasteiger partial charge in [-0.3, -0.25) is 9.59 Å². The molecule has 1 heterocycles. The summed E-state index contributed by atoms with van der Waals surface area (Å²) in [7, 11) is -1.29. The molecule has 1 aromatic rings. The van der Waals surface area contributed by atoms with Crippen LogP contribution in [0, 0.1) is 0 Å². The molecule has 1 unspecified atom stereocenters. The number of hydrogen-bond acceptors (Lipinski definition) is 4. The van der Waals surface area contributed by atoms with Gasteiger partial charge in [0.15, 0.2) is 22.9 Å². The fraction of sp³-hybridized carbons (Fsp3) is 0.556. The van der Waals surface area contributed by atoms with Crippen molar-refractivity contribution in [1.29, 1.82) is 0 Å². The summed E-state index contributed by atoms with van der Waals surface area (Å²) in [4.78, 5) is 27.3. The second-order valence-corrected chi connectivity index (χ2v) is 9.62. The molecule has 0 aromatic heterocycles. The number of likely N-dealkylation sites (N-methyl/N-ethyl adjacent to an activating group) is 1. The first-order chi connectivity index (χ1) is 12.7. The summed E-state index contributed by atoms with van der Waals surface area (Å²) in [6.45, 7) is 2.72. The van der Waals surface area contributed by atoms with Crippen molar-refractivity contribution in [2.75, 3.05) is 43.5 Å². The summed E-state index contributed by atoms with van der Waals surface area (Å²) < 4.78 is 23.5.